The Labute approximate surface area is 205 Å². The van der Waals surface area contributed by atoms with Crippen LogP contribution in [0.4, 0.5) is 13.2 Å². The molecule has 0 radical (unpaired) electrons. The lowest BCUT2D eigenvalue weighted by Crippen LogP contribution is -2.57. The first-order valence-electron chi connectivity index (χ1n) is 11.5. The molecule has 36 heavy (non-hydrogen) atoms. The summed E-state index contributed by atoms with van der Waals surface area (Å²) in [6, 6.07) is 1.33. The molecule has 1 aliphatic carbocycles. The molecule has 0 unspecified atom stereocenters. The van der Waals surface area contributed by atoms with Gasteiger partial charge in [-0.2, -0.15) is 13.2 Å². The van der Waals surface area contributed by atoms with Gasteiger partial charge in [-0.25, -0.2) is 0 Å². The van der Waals surface area contributed by atoms with Gasteiger partial charge in [-0.1, -0.05) is 13.3 Å². The zero-order chi connectivity index (χ0) is 26.6. The van der Waals surface area contributed by atoms with Crippen molar-refractivity contribution in [2.75, 3.05) is 26.8 Å². The lowest BCUT2D eigenvalue weighted by Gasteiger charge is -2.41. The summed E-state index contributed by atoms with van der Waals surface area (Å²) in [6.07, 6.45) is -5.16. The average molecular weight is 514 g/mol. The SMILES string of the molecule is CCCCC(=O)N(CC(F)(F)F)[C@@H]1C=C(C(=O)NCCO)[C@@H]2c3cc(C=O)cc(OC)c3O[C@@H]2[C@H]1O. The predicted molar refractivity (Wildman–Crippen MR) is 121 cm³/mol. The summed E-state index contributed by atoms with van der Waals surface area (Å²) in [4.78, 5) is 37.9. The van der Waals surface area contributed by atoms with Gasteiger partial charge in [0.05, 0.1) is 25.7 Å². The van der Waals surface area contributed by atoms with Crippen LogP contribution in [0.2, 0.25) is 0 Å². The Morgan fingerprint density at radius 2 is 2.03 bits per heavy atom. The molecule has 0 bridgehead atoms. The summed E-state index contributed by atoms with van der Waals surface area (Å²) in [6.45, 7) is -0.350. The number of carbonyl (C=O) groups is 3. The van der Waals surface area contributed by atoms with Gasteiger partial charge in [0.2, 0.25) is 11.8 Å². The predicted octanol–water partition coefficient (Wildman–Crippen LogP) is 1.71. The number of benzene rings is 1. The van der Waals surface area contributed by atoms with E-state index < -0.39 is 48.7 Å². The Bertz CT molecular complexity index is 1030. The highest BCUT2D eigenvalue weighted by atomic mass is 19.4. The van der Waals surface area contributed by atoms with Gasteiger partial charge in [-0.05, 0) is 24.6 Å². The number of aliphatic hydroxyl groups excluding tert-OH is 2. The molecule has 9 nitrogen and oxygen atoms in total. The molecule has 12 heteroatoms. The van der Waals surface area contributed by atoms with E-state index in [9.17, 15) is 32.7 Å². The molecule has 1 aliphatic heterocycles. The van der Waals surface area contributed by atoms with Crippen molar-refractivity contribution in [1.82, 2.24) is 10.2 Å². The summed E-state index contributed by atoms with van der Waals surface area (Å²) in [7, 11) is 1.33. The van der Waals surface area contributed by atoms with Crippen LogP contribution in [-0.2, 0) is 9.59 Å². The number of hydrogen-bond donors (Lipinski definition) is 3. The maximum Gasteiger partial charge on any atom is 0.406 e. The molecule has 1 aromatic rings. The number of fused-ring (bicyclic) bond motifs is 3. The number of aliphatic hydroxyl groups is 2. The number of alkyl halides is 3. The van der Waals surface area contributed by atoms with Crippen LogP contribution in [0.15, 0.2) is 23.8 Å². The van der Waals surface area contributed by atoms with Gasteiger partial charge in [0, 0.05) is 29.7 Å². The van der Waals surface area contributed by atoms with E-state index in [-0.39, 0.29) is 42.2 Å². The Balaban J connectivity index is 2.13. The third-order valence-corrected chi connectivity index (χ3v) is 6.18. The van der Waals surface area contributed by atoms with Crippen LogP contribution in [0, 0.1) is 0 Å². The van der Waals surface area contributed by atoms with E-state index in [1.54, 1.807) is 6.92 Å². The van der Waals surface area contributed by atoms with Crippen molar-refractivity contribution in [3.8, 4) is 11.5 Å². The standard InChI is InChI=1S/C24H29F3N2O7/c1-3-4-5-18(32)29(12-24(25,26)27)16-10-15(23(34)28-6-7-30)19-14-8-13(11-31)9-17(35-2)21(14)36-22(19)20(16)33/h8-11,16,19-20,22,30,33H,3-7,12H2,1-2H3,(H,28,34)/t16-,19+,20+,22+/m1/s1. The number of unbranched alkanes of at least 4 members (excludes halogenated alkanes) is 1. The molecule has 0 saturated carbocycles. The third kappa shape index (κ3) is 5.65. The highest BCUT2D eigenvalue weighted by molar-refractivity contribution is 5.96. The molecule has 1 aromatic carbocycles. The molecule has 1 heterocycles. The van der Waals surface area contributed by atoms with E-state index in [2.05, 4.69) is 5.32 Å². The second kappa shape index (κ2) is 11.3. The van der Waals surface area contributed by atoms with E-state index >= 15 is 0 Å². The molecule has 2 aliphatic rings. The first-order chi connectivity index (χ1) is 17.1. The van der Waals surface area contributed by atoms with Crippen molar-refractivity contribution in [3.63, 3.8) is 0 Å². The second-order valence-corrected chi connectivity index (χ2v) is 8.64. The molecule has 0 fully saturated rings. The van der Waals surface area contributed by atoms with Crippen LogP contribution < -0.4 is 14.8 Å². The molecule has 198 valence electrons. The highest BCUT2D eigenvalue weighted by Gasteiger charge is 2.52. The minimum absolute atomic E-state index is 0.0527. The van der Waals surface area contributed by atoms with Crippen LogP contribution in [0.1, 0.15) is 48.0 Å². The number of ether oxygens (including phenoxy) is 2. The van der Waals surface area contributed by atoms with Gasteiger partial charge in [0.1, 0.15) is 25.0 Å². The Kier molecular flexibility index (Phi) is 8.62. The Morgan fingerprint density at radius 3 is 2.61 bits per heavy atom. The minimum Gasteiger partial charge on any atom is -0.493 e. The fraction of sp³-hybridized carbons (Fsp3) is 0.542. The van der Waals surface area contributed by atoms with Crippen molar-refractivity contribution in [3.05, 3.63) is 34.9 Å². The fourth-order valence-corrected chi connectivity index (χ4v) is 4.58. The van der Waals surface area contributed by atoms with Gasteiger partial charge in [-0.15, -0.1) is 0 Å². The maximum atomic E-state index is 13.5. The third-order valence-electron chi connectivity index (χ3n) is 6.18. The number of aldehydes is 1. The molecule has 0 saturated heterocycles. The first kappa shape index (κ1) is 27.5. The van der Waals surface area contributed by atoms with E-state index in [0.717, 1.165) is 6.08 Å². The largest absolute Gasteiger partial charge is 0.493 e. The van der Waals surface area contributed by atoms with E-state index in [1.165, 1.54) is 19.2 Å². The quantitative estimate of drug-likeness (QED) is 0.406. The van der Waals surface area contributed by atoms with Crippen LogP contribution in [0.25, 0.3) is 0 Å². The smallest absolute Gasteiger partial charge is 0.406 e. The number of hydrogen-bond acceptors (Lipinski definition) is 7. The van der Waals surface area contributed by atoms with Crippen molar-refractivity contribution in [1.29, 1.82) is 0 Å². The van der Waals surface area contributed by atoms with E-state index in [4.69, 9.17) is 14.6 Å². The summed E-state index contributed by atoms with van der Waals surface area (Å²) >= 11 is 0. The van der Waals surface area contributed by atoms with Gasteiger partial charge >= 0.3 is 6.18 Å². The number of nitrogens with zero attached hydrogens (tertiary/aromatic N) is 1. The summed E-state index contributed by atoms with van der Waals surface area (Å²) in [5.74, 6) is -2.21. The van der Waals surface area contributed by atoms with Crippen molar-refractivity contribution < 1.29 is 47.2 Å². The first-order valence-corrected chi connectivity index (χ1v) is 11.5. The molecule has 0 aromatic heterocycles. The fourth-order valence-electron chi connectivity index (χ4n) is 4.58. The number of methoxy groups -OCH3 is 1. The molecule has 4 atom stereocenters. The zero-order valence-electron chi connectivity index (χ0n) is 19.9. The van der Waals surface area contributed by atoms with Crippen LogP contribution in [0.5, 0.6) is 11.5 Å². The number of nitrogens with one attached hydrogen (secondary N) is 1. The van der Waals surface area contributed by atoms with Crippen LogP contribution in [-0.4, -0.2) is 84.4 Å². The second-order valence-electron chi connectivity index (χ2n) is 8.64. The number of rotatable bonds is 10. The van der Waals surface area contributed by atoms with E-state index in [0.29, 0.717) is 29.6 Å². The monoisotopic (exact) mass is 514 g/mol. The Hall–Kier alpha value is -3.12. The van der Waals surface area contributed by atoms with Gasteiger partial charge in [0.25, 0.3) is 0 Å². The lowest BCUT2D eigenvalue weighted by molar-refractivity contribution is -0.170. The van der Waals surface area contributed by atoms with Crippen LogP contribution in [0.3, 0.4) is 0 Å². The molecular weight excluding hydrogens is 485 g/mol. The molecular formula is C24H29F3N2O7. The normalized spacial score (nSPS) is 22.6. The average Bonchev–Trinajstić information content (AvgIpc) is 3.23. The number of amides is 2. The van der Waals surface area contributed by atoms with Crippen molar-refractivity contribution in [2.45, 2.75) is 56.5 Å². The van der Waals surface area contributed by atoms with Crippen molar-refractivity contribution >= 4 is 18.1 Å². The summed E-state index contributed by atoms with van der Waals surface area (Å²) in [5, 5.41) is 22.8. The van der Waals surface area contributed by atoms with Crippen LogP contribution >= 0.6 is 0 Å². The van der Waals surface area contributed by atoms with E-state index in [1.807, 2.05) is 0 Å². The summed E-state index contributed by atoms with van der Waals surface area (Å²) in [5.41, 5.74) is 0.488. The van der Waals surface area contributed by atoms with Gasteiger partial charge in [-0.3, -0.25) is 14.4 Å². The Morgan fingerprint density at radius 1 is 1.31 bits per heavy atom. The minimum atomic E-state index is -4.76. The molecule has 3 N–H and O–H groups in total. The van der Waals surface area contributed by atoms with Gasteiger partial charge in [0.15, 0.2) is 11.5 Å². The highest BCUT2D eigenvalue weighted by Crippen LogP contribution is 2.51. The molecule has 3 rings (SSSR count). The lowest BCUT2D eigenvalue weighted by atomic mass is 9.77. The molecule has 0 spiro atoms. The summed E-state index contributed by atoms with van der Waals surface area (Å²) < 4.78 is 51.6. The topological polar surface area (TPSA) is 125 Å². The molecule has 2 amide bonds. The number of halogens is 3. The van der Waals surface area contributed by atoms with Gasteiger partial charge < -0.3 is 29.9 Å². The maximum absolute atomic E-state index is 13.5. The number of carbonyl (C=O) groups excluding carboxylic acids is 3. The zero-order valence-corrected chi connectivity index (χ0v) is 19.9. The van der Waals surface area contributed by atoms with Crippen molar-refractivity contribution in [2.24, 2.45) is 0 Å².